The molecule has 16 nitrogen and oxygen atoms in total. The van der Waals surface area contributed by atoms with E-state index in [1.165, 1.54) is 49.6 Å². The van der Waals surface area contributed by atoms with E-state index in [0.717, 1.165) is 5.69 Å². The van der Waals surface area contributed by atoms with E-state index in [4.69, 9.17) is 63.8 Å². The molecule has 3 aromatic heterocycles. The molecular formula is C24H32Cl6N10O6. The zero-order valence-corrected chi connectivity index (χ0v) is 29.7. The van der Waals surface area contributed by atoms with Gasteiger partial charge in [-0.1, -0.05) is 58.0 Å². The second-order valence-electron chi connectivity index (χ2n) is 7.38. The lowest BCUT2D eigenvalue weighted by Gasteiger charge is -2.15. The van der Waals surface area contributed by atoms with Gasteiger partial charge in [0.15, 0.2) is 5.82 Å². The van der Waals surface area contributed by atoms with Gasteiger partial charge in [-0.3, -0.25) is 21.5 Å². The summed E-state index contributed by atoms with van der Waals surface area (Å²) in [6.45, 7) is 0. The highest BCUT2D eigenvalue weighted by Gasteiger charge is 2.13. The number of rotatable bonds is 4. The number of aromatic nitrogens is 3. The molecule has 3 aromatic rings. The van der Waals surface area contributed by atoms with E-state index in [0.29, 0.717) is 37.4 Å². The Balaban J connectivity index is 0. The molecular weight excluding hydrogens is 737 g/mol. The topological polar surface area (TPSA) is 226 Å². The number of nitrogen functional groups attached to an aromatic ring is 1. The van der Waals surface area contributed by atoms with Crippen LogP contribution in [0.25, 0.3) is 0 Å². The molecule has 0 atom stereocenters. The number of carbonyl (C=O) groups is 3. The number of nitrogens with two attached hydrogens (primary N) is 3. The van der Waals surface area contributed by atoms with Gasteiger partial charge in [0, 0.05) is 32.7 Å². The van der Waals surface area contributed by atoms with Crippen LogP contribution < -0.4 is 38.1 Å². The van der Waals surface area contributed by atoms with Crippen molar-refractivity contribution in [2.24, 2.45) is 17.5 Å². The Kier molecular flexibility index (Phi) is 24.2. The Hall–Kier alpha value is -3.32. The lowest BCUT2D eigenvalue weighted by Crippen LogP contribution is -2.26. The van der Waals surface area contributed by atoms with Crippen molar-refractivity contribution in [3.8, 4) is 0 Å². The molecule has 0 saturated carbocycles. The minimum atomic E-state index is -0.773. The van der Waals surface area contributed by atoms with Gasteiger partial charge in [-0.05, 0) is 18.2 Å². The lowest BCUT2D eigenvalue weighted by molar-refractivity contribution is 0.179. The fourth-order valence-electron chi connectivity index (χ4n) is 2.35. The molecule has 0 unspecified atom stereocenters. The molecule has 0 radical (unpaired) electrons. The van der Waals surface area contributed by atoms with Crippen LogP contribution in [0.1, 0.15) is 0 Å². The van der Waals surface area contributed by atoms with Crippen LogP contribution in [0.5, 0.6) is 0 Å². The first-order chi connectivity index (χ1) is 21.7. The van der Waals surface area contributed by atoms with Crippen LogP contribution in [0.4, 0.5) is 37.3 Å². The van der Waals surface area contributed by atoms with Crippen LogP contribution in [-0.2, 0) is 14.2 Å². The van der Waals surface area contributed by atoms with E-state index < -0.39 is 17.6 Å². The normalized spacial score (nSPS) is 9.02. The van der Waals surface area contributed by atoms with Crippen molar-refractivity contribution in [3.63, 3.8) is 0 Å². The summed E-state index contributed by atoms with van der Waals surface area (Å²) in [6.07, 6.45) is 3.52. The maximum absolute atomic E-state index is 11.2. The molecule has 0 aliphatic heterocycles. The van der Waals surface area contributed by atoms with Gasteiger partial charge in [-0.2, -0.15) is 0 Å². The van der Waals surface area contributed by atoms with Gasteiger partial charge in [0.25, 0.3) is 0 Å². The zero-order valence-electron chi connectivity index (χ0n) is 25.1. The summed E-state index contributed by atoms with van der Waals surface area (Å²) in [7, 11) is 8.70. The minimum Gasteiger partial charge on any atom is -0.457 e. The van der Waals surface area contributed by atoms with Crippen molar-refractivity contribution in [2.45, 2.75) is 0 Å². The average molecular weight is 769 g/mol. The van der Waals surface area contributed by atoms with Crippen LogP contribution >= 0.6 is 69.6 Å². The molecule has 256 valence electrons. The van der Waals surface area contributed by atoms with Crippen molar-refractivity contribution >= 4 is 110 Å². The first-order valence-electron chi connectivity index (χ1n) is 11.8. The van der Waals surface area contributed by atoms with Gasteiger partial charge in [-0.15, -0.1) is 0 Å². The predicted octanol–water partition coefficient (Wildman–Crippen LogP) is 6.05. The third-order valence-electron chi connectivity index (χ3n) is 4.66. The summed E-state index contributed by atoms with van der Waals surface area (Å²) < 4.78 is 12.9. The van der Waals surface area contributed by atoms with Gasteiger partial charge in [0.05, 0.1) is 72.0 Å². The van der Waals surface area contributed by atoms with Crippen molar-refractivity contribution < 1.29 is 28.6 Å². The Morgan fingerprint density at radius 1 is 0.717 bits per heavy atom. The van der Waals surface area contributed by atoms with Crippen LogP contribution in [0, 0.1) is 0 Å². The number of amides is 2. The van der Waals surface area contributed by atoms with Crippen molar-refractivity contribution in [1.29, 1.82) is 0 Å². The lowest BCUT2D eigenvalue weighted by atomic mass is 10.4. The number of pyridine rings is 3. The van der Waals surface area contributed by atoms with Crippen LogP contribution in [0.2, 0.25) is 25.4 Å². The molecule has 22 heteroatoms. The number of carbonyl (C=O) groups excluding carboxylic acids is 3. The molecule has 0 saturated heterocycles. The molecule has 0 fully saturated rings. The van der Waals surface area contributed by atoms with E-state index in [-0.39, 0.29) is 5.15 Å². The molecule has 0 spiro atoms. The van der Waals surface area contributed by atoms with Crippen LogP contribution in [-0.4, -0.2) is 75.0 Å². The van der Waals surface area contributed by atoms with Crippen LogP contribution in [0.15, 0.2) is 36.8 Å². The maximum Gasteiger partial charge on any atom is 0.413 e. The van der Waals surface area contributed by atoms with Gasteiger partial charge < -0.3 is 25.0 Å². The minimum absolute atomic E-state index is 0.202. The fourth-order valence-corrected chi connectivity index (χ4v) is 3.10. The van der Waals surface area contributed by atoms with Crippen molar-refractivity contribution in [1.82, 2.24) is 15.0 Å². The number of nitrogens with one attached hydrogen (secondary N) is 2. The van der Waals surface area contributed by atoms with E-state index in [2.05, 4.69) is 63.2 Å². The number of nitrogens with zero attached hydrogens (tertiary/aromatic N) is 5. The summed E-state index contributed by atoms with van der Waals surface area (Å²) in [5, 5.41) is 4.51. The van der Waals surface area contributed by atoms with Gasteiger partial charge >= 0.3 is 17.6 Å². The zero-order chi connectivity index (χ0) is 36.0. The van der Waals surface area contributed by atoms with Crippen molar-refractivity contribution in [2.75, 3.05) is 63.0 Å². The smallest absolute Gasteiger partial charge is 0.413 e. The van der Waals surface area contributed by atoms with Crippen LogP contribution in [0.3, 0.4) is 0 Å². The number of hydrazine groups is 2. The second kappa shape index (κ2) is 24.9. The summed E-state index contributed by atoms with van der Waals surface area (Å²) in [5.74, 6) is 13.5. The summed E-state index contributed by atoms with van der Waals surface area (Å²) >= 11 is 33.0. The van der Waals surface area contributed by atoms with Crippen molar-refractivity contribution in [3.05, 3.63) is 62.2 Å². The number of halogens is 6. The monoisotopic (exact) mass is 766 g/mol. The fraction of sp³-hybridized carbons (Fsp3) is 0.250. The largest absolute Gasteiger partial charge is 0.457 e. The number of ether oxygens (including phenoxy) is 3. The molecule has 2 amide bonds. The molecule has 8 N–H and O–H groups in total. The summed E-state index contributed by atoms with van der Waals surface area (Å²) in [4.78, 5) is 45.7. The summed E-state index contributed by atoms with van der Waals surface area (Å²) in [5.41, 5.74) is 3.45. The number of anilines is 4. The number of methoxy groups -OCH3 is 3. The number of hydrogen-bond acceptors (Lipinski definition) is 14. The first-order valence-corrected chi connectivity index (χ1v) is 14.1. The van der Waals surface area contributed by atoms with E-state index in [1.54, 1.807) is 39.5 Å². The third-order valence-corrected chi connectivity index (χ3v) is 6.48. The molecule has 0 aliphatic rings. The Bertz CT molecular complexity index is 1400. The predicted molar refractivity (Wildman–Crippen MR) is 183 cm³/mol. The Labute approximate surface area is 295 Å². The summed E-state index contributed by atoms with van der Waals surface area (Å²) in [6, 6.07) is 4.81. The molecule has 0 bridgehead atoms. The standard InChI is InChI=1S/C8H8Cl2N2O2.C8H11ClN4O2.C6H6Cl2N2.C2H3ClO2.H4N2/c1-12(8(13)14-2)5-3-6(9)7(10)11-4-5;1-13(8(14)15-2)5-3-6(9)7(12-10)11-4-5;1-9-4-2-5(7)6(8)10-3-4;1-5-2(3)4;1-2/h3-4H,1-2H3;3-4H,10H2,1-2H3,(H,11,12);2-3,9H,1H3;1H3;1-2H2. The highest BCUT2D eigenvalue weighted by atomic mass is 35.5. The van der Waals surface area contributed by atoms with Gasteiger partial charge in [0.1, 0.15) is 10.3 Å². The first kappa shape index (κ1) is 44.8. The Morgan fingerprint density at radius 2 is 1.11 bits per heavy atom. The number of hydrogen-bond donors (Lipinski definition) is 5. The quantitative estimate of drug-likeness (QED) is 0.0669. The van der Waals surface area contributed by atoms with Gasteiger partial charge in [0.2, 0.25) is 0 Å². The third kappa shape index (κ3) is 16.8. The Morgan fingerprint density at radius 3 is 1.43 bits per heavy atom. The SMILES string of the molecule is CNc1cnc(Cl)c(Cl)c1.COC(=O)Cl.COC(=O)N(C)c1cnc(Cl)c(Cl)c1.COC(=O)N(C)c1cnc(NN)c(Cl)c1.NN. The van der Waals surface area contributed by atoms with Gasteiger partial charge in [-0.25, -0.2) is 35.2 Å². The average Bonchev–Trinajstić information content (AvgIpc) is 3.07. The molecule has 3 heterocycles. The van der Waals surface area contributed by atoms with E-state index in [1.807, 2.05) is 0 Å². The highest BCUT2D eigenvalue weighted by molar-refractivity contribution is 6.61. The molecule has 46 heavy (non-hydrogen) atoms. The maximum atomic E-state index is 11.2. The highest BCUT2D eigenvalue weighted by Crippen LogP contribution is 2.25. The molecule has 3 rings (SSSR count). The van der Waals surface area contributed by atoms with E-state index >= 15 is 0 Å². The van der Waals surface area contributed by atoms with E-state index in [9.17, 15) is 14.4 Å². The second-order valence-corrected chi connectivity index (χ2v) is 9.63. The molecule has 0 aromatic carbocycles. The molecule has 0 aliphatic carbocycles.